The van der Waals surface area contributed by atoms with E-state index in [0.29, 0.717) is 23.2 Å². The minimum absolute atomic E-state index is 0.596. The zero-order valence-corrected chi connectivity index (χ0v) is 14.7. The van der Waals surface area contributed by atoms with Crippen molar-refractivity contribution in [2.24, 2.45) is 5.92 Å². The molecular formula is C19H24ClNO2. The second kappa shape index (κ2) is 8.68. The first kappa shape index (κ1) is 17.5. The molecular weight excluding hydrogens is 310 g/mol. The monoisotopic (exact) mass is 333 g/mol. The molecule has 4 heteroatoms. The number of hydrogen-bond acceptors (Lipinski definition) is 3. The number of nitrogens with one attached hydrogen (secondary N) is 1. The van der Waals surface area contributed by atoms with Crippen LogP contribution in [0, 0.1) is 5.92 Å². The summed E-state index contributed by atoms with van der Waals surface area (Å²) in [5.74, 6) is 2.25. The smallest absolute Gasteiger partial charge is 0.137 e. The fourth-order valence-electron chi connectivity index (χ4n) is 2.17. The quantitative estimate of drug-likeness (QED) is 0.703. The van der Waals surface area contributed by atoms with Crippen LogP contribution in [0.5, 0.6) is 11.5 Å². The Balaban J connectivity index is 1.98. The summed E-state index contributed by atoms with van der Waals surface area (Å²) < 4.78 is 11.1. The largest absolute Gasteiger partial charge is 0.495 e. The highest BCUT2D eigenvalue weighted by Gasteiger charge is 2.05. The molecule has 0 heterocycles. The van der Waals surface area contributed by atoms with Crippen molar-refractivity contribution in [1.82, 2.24) is 0 Å². The third-order valence-electron chi connectivity index (χ3n) is 3.56. The van der Waals surface area contributed by atoms with Crippen LogP contribution < -0.4 is 14.8 Å². The van der Waals surface area contributed by atoms with Gasteiger partial charge in [-0.25, -0.2) is 0 Å². The molecule has 2 rings (SSSR count). The van der Waals surface area contributed by atoms with E-state index in [4.69, 9.17) is 21.1 Å². The second-order valence-electron chi connectivity index (χ2n) is 5.84. The lowest BCUT2D eigenvalue weighted by Crippen LogP contribution is -2.06. The molecule has 23 heavy (non-hydrogen) atoms. The molecule has 0 aliphatic rings. The van der Waals surface area contributed by atoms with Crippen LogP contribution in [0.15, 0.2) is 42.5 Å². The van der Waals surface area contributed by atoms with E-state index >= 15 is 0 Å². The van der Waals surface area contributed by atoms with Gasteiger partial charge in [-0.2, -0.15) is 0 Å². The van der Waals surface area contributed by atoms with Crippen molar-refractivity contribution < 1.29 is 9.47 Å². The van der Waals surface area contributed by atoms with Crippen LogP contribution in [-0.2, 0) is 6.54 Å². The number of benzene rings is 2. The van der Waals surface area contributed by atoms with Crippen molar-refractivity contribution in [1.29, 1.82) is 0 Å². The standard InChI is InChI=1S/C19H24ClNO2/c1-14(2)10-11-23-18-7-5-4-6-15(18)13-21-16-8-9-19(22-3)17(20)12-16/h4-9,12,14,21H,10-11,13H2,1-3H3. The zero-order chi connectivity index (χ0) is 16.7. The van der Waals surface area contributed by atoms with Crippen molar-refractivity contribution >= 4 is 17.3 Å². The lowest BCUT2D eigenvalue weighted by Gasteiger charge is -2.14. The number of hydrogen-bond donors (Lipinski definition) is 1. The van der Waals surface area contributed by atoms with E-state index in [-0.39, 0.29) is 0 Å². The van der Waals surface area contributed by atoms with E-state index in [1.54, 1.807) is 7.11 Å². The van der Waals surface area contributed by atoms with Gasteiger partial charge in [0.25, 0.3) is 0 Å². The van der Waals surface area contributed by atoms with Crippen molar-refractivity contribution in [3.8, 4) is 11.5 Å². The topological polar surface area (TPSA) is 30.5 Å². The molecule has 0 radical (unpaired) electrons. The summed E-state index contributed by atoms with van der Waals surface area (Å²) in [6, 6.07) is 13.8. The number of anilines is 1. The van der Waals surface area contributed by atoms with Crippen molar-refractivity contribution in [2.75, 3.05) is 19.0 Å². The highest BCUT2D eigenvalue weighted by molar-refractivity contribution is 6.32. The van der Waals surface area contributed by atoms with Gasteiger partial charge >= 0.3 is 0 Å². The van der Waals surface area contributed by atoms with Gasteiger partial charge in [-0.15, -0.1) is 0 Å². The summed E-state index contributed by atoms with van der Waals surface area (Å²) in [6.07, 6.45) is 1.05. The Morgan fingerprint density at radius 3 is 2.57 bits per heavy atom. The van der Waals surface area contributed by atoms with Gasteiger partial charge in [0.15, 0.2) is 0 Å². The molecule has 0 bridgehead atoms. The Hall–Kier alpha value is -1.87. The lowest BCUT2D eigenvalue weighted by atomic mass is 10.1. The molecule has 0 amide bonds. The SMILES string of the molecule is COc1ccc(NCc2ccccc2OCCC(C)C)cc1Cl. The highest BCUT2D eigenvalue weighted by atomic mass is 35.5. The van der Waals surface area contributed by atoms with E-state index in [9.17, 15) is 0 Å². The molecule has 124 valence electrons. The first-order valence-electron chi connectivity index (χ1n) is 7.88. The van der Waals surface area contributed by atoms with Gasteiger partial charge < -0.3 is 14.8 Å². The van der Waals surface area contributed by atoms with E-state index in [1.165, 1.54) is 0 Å². The summed E-state index contributed by atoms with van der Waals surface area (Å²) >= 11 is 6.15. The number of methoxy groups -OCH3 is 1. The molecule has 0 fully saturated rings. The Kier molecular flexibility index (Phi) is 6.60. The first-order chi connectivity index (χ1) is 11.1. The van der Waals surface area contributed by atoms with Crippen LogP contribution in [0.4, 0.5) is 5.69 Å². The average Bonchev–Trinajstić information content (AvgIpc) is 2.54. The van der Waals surface area contributed by atoms with Crippen molar-refractivity contribution in [3.63, 3.8) is 0 Å². The molecule has 0 aromatic heterocycles. The third-order valence-corrected chi connectivity index (χ3v) is 3.86. The summed E-state index contributed by atoms with van der Waals surface area (Å²) in [7, 11) is 1.61. The van der Waals surface area contributed by atoms with Crippen LogP contribution in [0.2, 0.25) is 5.02 Å². The van der Waals surface area contributed by atoms with E-state index in [1.807, 2.05) is 36.4 Å². The summed E-state index contributed by atoms with van der Waals surface area (Å²) in [5.41, 5.74) is 2.08. The maximum Gasteiger partial charge on any atom is 0.137 e. The van der Waals surface area contributed by atoms with Crippen LogP contribution >= 0.6 is 11.6 Å². The maximum absolute atomic E-state index is 6.15. The fourth-order valence-corrected chi connectivity index (χ4v) is 2.43. The summed E-state index contributed by atoms with van der Waals surface area (Å²) in [6.45, 7) is 5.82. The van der Waals surface area contributed by atoms with E-state index in [2.05, 4.69) is 25.2 Å². The molecule has 0 atom stereocenters. The molecule has 2 aromatic carbocycles. The summed E-state index contributed by atoms with van der Waals surface area (Å²) in [5, 5.41) is 3.97. The predicted molar refractivity (Wildman–Crippen MR) is 96.7 cm³/mol. The lowest BCUT2D eigenvalue weighted by molar-refractivity contribution is 0.287. The number of halogens is 1. The zero-order valence-electron chi connectivity index (χ0n) is 13.9. The third kappa shape index (κ3) is 5.36. The van der Waals surface area contributed by atoms with E-state index in [0.717, 1.165) is 30.0 Å². The fraction of sp³-hybridized carbons (Fsp3) is 0.368. The Morgan fingerprint density at radius 2 is 1.87 bits per heavy atom. The number of para-hydroxylation sites is 1. The Bertz CT molecular complexity index is 629. The van der Waals surface area contributed by atoms with Crippen LogP contribution in [0.3, 0.4) is 0 Å². The van der Waals surface area contributed by atoms with Gasteiger partial charge in [0.1, 0.15) is 11.5 Å². The van der Waals surface area contributed by atoms with Gasteiger partial charge in [-0.3, -0.25) is 0 Å². The minimum atomic E-state index is 0.596. The van der Waals surface area contributed by atoms with Gasteiger partial charge in [0, 0.05) is 17.8 Å². The van der Waals surface area contributed by atoms with Gasteiger partial charge in [-0.1, -0.05) is 43.6 Å². The number of rotatable bonds is 8. The predicted octanol–water partition coefficient (Wildman–Crippen LogP) is 5.39. The molecule has 0 aliphatic heterocycles. The normalized spacial score (nSPS) is 10.7. The Labute approximate surface area is 143 Å². The minimum Gasteiger partial charge on any atom is -0.495 e. The number of ether oxygens (including phenoxy) is 2. The molecule has 3 nitrogen and oxygen atoms in total. The summed E-state index contributed by atoms with van der Waals surface area (Å²) in [4.78, 5) is 0. The molecule has 0 unspecified atom stereocenters. The molecule has 0 saturated heterocycles. The van der Waals surface area contributed by atoms with Crippen molar-refractivity contribution in [2.45, 2.75) is 26.8 Å². The van der Waals surface area contributed by atoms with Gasteiger partial charge in [0.2, 0.25) is 0 Å². The molecule has 1 N–H and O–H groups in total. The average molecular weight is 334 g/mol. The van der Waals surface area contributed by atoms with Crippen LogP contribution in [0.25, 0.3) is 0 Å². The highest BCUT2D eigenvalue weighted by Crippen LogP contribution is 2.28. The Morgan fingerprint density at radius 1 is 1.09 bits per heavy atom. The van der Waals surface area contributed by atoms with Crippen LogP contribution in [-0.4, -0.2) is 13.7 Å². The van der Waals surface area contributed by atoms with Gasteiger partial charge in [0.05, 0.1) is 18.7 Å². The van der Waals surface area contributed by atoms with Crippen LogP contribution in [0.1, 0.15) is 25.8 Å². The molecule has 0 saturated carbocycles. The van der Waals surface area contributed by atoms with Gasteiger partial charge in [-0.05, 0) is 36.6 Å². The maximum atomic E-state index is 6.15. The second-order valence-corrected chi connectivity index (χ2v) is 6.25. The molecule has 2 aromatic rings. The molecule has 0 spiro atoms. The van der Waals surface area contributed by atoms with Crippen molar-refractivity contribution in [3.05, 3.63) is 53.1 Å². The van der Waals surface area contributed by atoms with E-state index < -0.39 is 0 Å². The molecule has 0 aliphatic carbocycles. The first-order valence-corrected chi connectivity index (χ1v) is 8.26.